The number of rotatable bonds is 8. The molecule has 0 bridgehead atoms. The van der Waals surface area contributed by atoms with E-state index in [0.29, 0.717) is 29.9 Å². The molecule has 0 radical (unpaired) electrons. The molecule has 8 nitrogen and oxygen atoms in total. The van der Waals surface area contributed by atoms with Gasteiger partial charge >= 0.3 is 0 Å². The number of amides is 1. The van der Waals surface area contributed by atoms with Gasteiger partial charge in [-0.05, 0) is 61.7 Å². The van der Waals surface area contributed by atoms with E-state index in [9.17, 15) is 13.2 Å². The molecular weight excluding hydrogens is 474 g/mol. The lowest BCUT2D eigenvalue weighted by molar-refractivity contribution is 0.0628. The van der Waals surface area contributed by atoms with E-state index in [1.165, 1.54) is 11.6 Å². The van der Waals surface area contributed by atoms with E-state index >= 15 is 0 Å². The Kier molecular flexibility index (Phi) is 7.92. The van der Waals surface area contributed by atoms with Gasteiger partial charge in [0.2, 0.25) is 0 Å². The third kappa shape index (κ3) is 5.87. The minimum atomic E-state index is -3.90. The molecule has 1 fully saturated rings. The predicted octanol–water partition coefficient (Wildman–Crippen LogP) is 4.21. The second kappa shape index (κ2) is 11.3. The highest BCUT2D eigenvalue weighted by molar-refractivity contribution is 7.92. The third-order valence-corrected chi connectivity index (χ3v) is 7.44. The molecule has 3 aromatic rings. The van der Waals surface area contributed by atoms with E-state index in [0.717, 1.165) is 19.6 Å². The highest BCUT2D eigenvalue weighted by Crippen LogP contribution is 2.30. The molecule has 1 aliphatic rings. The summed E-state index contributed by atoms with van der Waals surface area (Å²) >= 11 is 0. The van der Waals surface area contributed by atoms with Gasteiger partial charge in [-0.2, -0.15) is 0 Å². The summed E-state index contributed by atoms with van der Waals surface area (Å²) in [7, 11) is -3.90. The summed E-state index contributed by atoms with van der Waals surface area (Å²) in [5.74, 6) is -0.0647. The van der Waals surface area contributed by atoms with Crippen molar-refractivity contribution in [2.75, 3.05) is 30.9 Å². The number of anilines is 1. The molecule has 1 amide bonds. The zero-order valence-electron chi connectivity index (χ0n) is 20.2. The molecule has 0 spiro atoms. The Labute approximate surface area is 212 Å². The minimum Gasteiger partial charge on any atom is -0.336 e. The summed E-state index contributed by atoms with van der Waals surface area (Å²) < 4.78 is 28.7. The van der Waals surface area contributed by atoms with Crippen LogP contribution in [0.3, 0.4) is 0 Å². The molecule has 2 aromatic carbocycles. The van der Waals surface area contributed by atoms with E-state index in [1.54, 1.807) is 54.9 Å². The van der Waals surface area contributed by atoms with Crippen LogP contribution in [0.4, 0.5) is 11.4 Å². The number of hydrogen-bond donors (Lipinski definition) is 1. The number of benzene rings is 2. The summed E-state index contributed by atoms with van der Waals surface area (Å²) in [5, 5.41) is 0. The van der Waals surface area contributed by atoms with Crippen LogP contribution in [0.25, 0.3) is 6.08 Å². The average Bonchev–Trinajstić information content (AvgIpc) is 2.89. The number of para-hydroxylation sites is 1. The molecule has 1 aliphatic heterocycles. The molecule has 2 heterocycles. The topological polar surface area (TPSA) is 95.0 Å². The standard InChI is InChI=1S/C27H29N5O3S/c1-3-5-22-6-4-7-25(26(22)28-2)36(34,35)30-24-10-8-23(9-11-24)27(33)32-18-16-31(17-19-32)20-21-12-14-29-15-13-21/h3-15,30H,2,16-20H2,1H3/b5-3-. The zero-order valence-corrected chi connectivity index (χ0v) is 21.0. The Balaban J connectivity index is 1.40. The molecule has 186 valence electrons. The number of piperazine rings is 1. The molecule has 1 N–H and O–H groups in total. The smallest absolute Gasteiger partial charge is 0.264 e. The highest BCUT2D eigenvalue weighted by Gasteiger charge is 2.23. The lowest BCUT2D eigenvalue weighted by Crippen LogP contribution is -2.48. The van der Waals surface area contributed by atoms with Crippen LogP contribution >= 0.6 is 0 Å². The van der Waals surface area contributed by atoms with Crippen LogP contribution in [0.5, 0.6) is 0 Å². The maximum absolute atomic E-state index is 13.1. The van der Waals surface area contributed by atoms with Crippen molar-refractivity contribution in [3.05, 3.63) is 89.8 Å². The second-order valence-electron chi connectivity index (χ2n) is 8.46. The summed E-state index contributed by atoms with van der Waals surface area (Å²) in [4.78, 5) is 25.2. The number of sulfonamides is 1. The van der Waals surface area contributed by atoms with Crippen LogP contribution in [0.1, 0.15) is 28.4 Å². The summed E-state index contributed by atoms with van der Waals surface area (Å²) in [6.07, 6.45) is 7.16. The van der Waals surface area contributed by atoms with Crippen LogP contribution in [-0.4, -0.2) is 62.0 Å². The fourth-order valence-electron chi connectivity index (χ4n) is 4.17. The van der Waals surface area contributed by atoms with Gasteiger partial charge in [0.25, 0.3) is 15.9 Å². The number of carbonyl (C=O) groups is 1. The van der Waals surface area contributed by atoms with Crippen molar-refractivity contribution in [3.8, 4) is 0 Å². The Morgan fingerprint density at radius 1 is 1.06 bits per heavy atom. The van der Waals surface area contributed by atoms with Gasteiger partial charge in [0, 0.05) is 61.9 Å². The van der Waals surface area contributed by atoms with E-state index in [1.807, 2.05) is 30.0 Å². The molecular formula is C27H29N5O3S. The van der Waals surface area contributed by atoms with E-state index in [2.05, 4.69) is 26.3 Å². The number of nitrogens with zero attached hydrogens (tertiary/aromatic N) is 4. The first-order chi connectivity index (χ1) is 17.4. The monoisotopic (exact) mass is 503 g/mol. The quantitative estimate of drug-likeness (QED) is 0.465. The van der Waals surface area contributed by atoms with Gasteiger partial charge in [0.1, 0.15) is 4.90 Å². The number of allylic oxidation sites excluding steroid dienone is 1. The Bertz CT molecular complexity index is 1350. The maximum atomic E-state index is 13.1. The summed E-state index contributed by atoms with van der Waals surface area (Å²) in [6.45, 7) is 9.06. The molecule has 9 heteroatoms. The molecule has 0 saturated carbocycles. The number of nitrogens with one attached hydrogen (secondary N) is 1. The largest absolute Gasteiger partial charge is 0.336 e. The van der Waals surface area contributed by atoms with Gasteiger partial charge in [-0.1, -0.05) is 24.3 Å². The van der Waals surface area contributed by atoms with Gasteiger partial charge < -0.3 is 4.90 Å². The van der Waals surface area contributed by atoms with E-state index < -0.39 is 10.0 Å². The molecule has 0 atom stereocenters. The van der Waals surface area contributed by atoms with Gasteiger partial charge in [-0.25, -0.2) is 8.42 Å². The Hall–Kier alpha value is -3.82. The molecule has 4 rings (SSSR count). The van der Waals surface area contributed by atoms with Crippen molar-refractivity contribution in [1.29, 1.82) is 0 Å². The Morgan fingerprint density at radius 2 is 1.75 bits per heavy atom. The van der Waals surface area contributed by atoms with E-state index in [-0.39, 0.29) is 16.5 Å². The second-order valence-corrected chi connectivity index (χ2v) is 10.1. The fourth-order valence-corrected chi connectivity index (χ4v) is 5.42. The molecule has 1 aromatic heterocycles. The molecule has 1 saturated heterocycles. The van der Waals surface area contributed by atoms with Gasteiger partial charge in [-0.3, -0.25) is 24.4 Å². The Morgan fingerprint density at radius 3 is 2.39 bits per heavy atom. The molecule has 36 heavy (non-hydrogen) atoms. The predicted molar refractivity (Wildman–Crippen MR) is 143 cm³/mol. The third-order valence-electron chi connectivity index (χ3n) is 6.02. The lowest BCUT2D eigenvalue weighted by atomic mass is 10.1. The molecule has 0 aliphatic carbocycles. The van der Waals surface area contributed by atoms with Gasteiger partial charge in [-0.15, -0.1) is 0 Å². The first-order valence-electron chi connectivity index (χ1n) is 11.7. The normalized spacial score (nSPS) is 14.6. The number of aliphatic imine (C=N–C) groups is 1. The number of aromatic nitrogens is 1. The van der Waals surface area contributed by atoms with Crippen LogP contribution in [0.2, 0.25) is 0 Å². The van der Waals surface area contributed by atoms with Crippen molar-refractivity contribution in [2.45, 2.75) is 18.4 Å². The summed E-state index contributed by atoms with van der Waals surface area (Å²) in [6, 6.07) is 15.4. The number of hydrogen-bond acceptors (Lipinski definition) is 6. The van der Waals surface area contributed by atoms with E-state index in [4.69, 9.17) is 0 Å². The van der Waals surface area contributed by atoms with Crippen LogP contribution in [0.15, 0.2) is 83.0 Å². The molecule has 0 unspecified atom stereocenters. The zero-order chi connectivity index (χ0) is 25.5. The fraction of sp³-hybridized carbons (Fsp3) is 0.222. The van der Waals surface area contributed by atoms with Crippen LogP contribution in [0, 0.1) is 0 Å². The first kappa shape index (κ1) is 25.3. The van der Waals surface area contributed by atoms with Gasteiger partial charge in [0.05, 0.1) is 5.69 Å². The SMILES string of the molecule is C=Nc1c(/C=C\C)cccc1S(=O)(=O)Nc1ccc(C(=O)N2CCN(Cc3ccncc3)CC2)cc1. The lowest BCUT2D eigenvalue weighted by Gasteiger charge is -2.34. The van der Waals surface area contributed by atoms with Crippen molar-refractivity contribution in [3.63, 3.8) is 0 Å². The van der Waals surface area contributed by atoms with Crippen molar-refractivity contribution in [1.82, 2.24) is 14.8 Å². The highest BCUT2D eigenvalue weighted by atomic mass is 32.2. The van der Waals surface area contributed by atoms with Crippen molar-refractivity contribution in [2.24, 2.45) is 4.99 Å². The number of carbonyl (C=O) groups excluding carboxylic acids is 1. The van der Waals surface area contributed by atoms with Crippen LogP contribution < -0.4 is 4.72 Å². The van der Waals surface area contributed by atoms with Crippen molar-refractivity contribution < 1.29 is 13.2 Å². The number of pyridine rings is 1. The van der Waals surface area contributed by atoms with Gasteiger partial charge in [0.15, 0.2) is 0 Å². The average molecular weight is 504 g/mol. The minimum absolute atomic E-state index is 0.0397. The summed E-state index contributed by atoms with van der Waals surface area (Å²) in [5.41, 5.74) is 3.03. The maximum Gasteiger partial charge on any atom is 0.264 e. The van der Waals surface area contributed by atoms with Crippen LogP contribution in [-0.2, 0) is 16.6 Å². The first-order valence-corrected chi connectivity index (χ1v) is 13.2. The van der Waals surface area contributed by atoms with Crippen molar-refractivity contribution >= 4 is 40.1 Å².